The van der Waals surface area contributed by atoms with E-state index >= 15 is 0 Å². The third kappa shape index (κ3) is 1.84. The van der Waals surface area contributed by atoms with Crippen LogP contribution < -0.4 is 0 Å². The molecule has 2 rings (SSSR count). The first kappa shape index (κ1) is 8.97. The number of hydrogen-bond donors (Lipinski definition) is 0. The molecule has 0 saturated carbocycles. The van der Waals surface area contributed by atoms with Crippen molar-refractivity contribution in [2.45, 2.75) is 32.6 Å². The van der Waals surface area contributed by atoms with Crippen LogP contribution >= 0.6 is 8.20 Å². The van der Waals surface area contributed by atoms with Gasteiger partial charge in [-0.15, -0.1) is 0 Å². The van der Waals surface area contributed by atoms with Crippen molar-refractivity contribution in [1.29, 1.82) is 0 Å². The predicted molar refractivity (Wildman–Crippen MR) is 60.3 cm³/mol. The first-order chi connectivity index (χ1) is 6.42. The molecule has 0 spiro atoms. The van der Waals surface area contributed by atoms with Crippen molar-refractivity contribution in [3.8, 4) is 0 Å². The lowest BCUT2D eigenvalue weighted by atomic mass is 10.1. The van der Waals surface area contributed by atoms with Gasteiger partial charge >= 0.3 is 0 Å². The van der Waals surface area contributed by atoms with Gasteiger partial charge in [0.25, 0.3) is 0 Å². The summed E-state index contributed by atoms with van der Waals surface area (Å²) in [6.45, 7) is 2.25. The monoisotopic (exact) mass is 189 g/mol. The summed E-state index contributed by atoms with van der Waals surface area (Å²) < 4.78 is 0. The maximum atomic E-state index is 3.39. The Morgan fingerprint density at radius 3 is 3.15 bits per heavy atom. The van der Waals surface area contributed by atoms with Gasteiger partial charge in [-0.2, -0.15) is 0 Å². The third-order valence-electron chi connectivity index (χ3n) is 2.46. The Morgan fingerprint density at radius 1 is 1.38 bits per heavy atom. The van der Waals surface area contributed by atoms with Gasteiger partial charge in [-0.25, -0.2) is 0 Å². The Labute approximate surface area is 81.8 Å². The van der Waals surface area contributed by atoms with Crippen LogP contribution in [0.3, 0.4) is 0 Å². The maximum Gasteiger partial charge on any atom is 0.0224 e. The van der Waals surface area contributed by atoms with Crippen molar-refractivity contribution in [2.75, 3.05) is 0 Å². The van der Waals surface area contributed by atoms with Crippen LogP contribution in [0.25, 0.3) is 0 Å². The van der Waals surface area contributed by atoms with Crippen LogP contribution in [0.2, 0.25) is 0 Å². The third-order valence-corrected chi connectivity index (χ3v) is 3.54. The first-order valence-electron chi connectivity index (χ1n) is 5.00. The highest BCUT2D eigenvalue weighted by atomic mass is 31.1. The van der Waals surface area contributed by atoms with E-state index in [1.54, 1.807) is 5.31 Å². The van der Waals surface area contributed by atoms with E-state index in [1.807, 2.05) is 0 Å². The average Bonchev–Trinajstić information content (AvgIpc) is 2.68. The highest BCUT2D eigenvalue weighted by molar-refractivity contribution is 7.44. The normalized spacial score (nSPS) is 19.6. The smallest absolute Gasteiger partial charge is 0.0224 e. The van der Waals surface area contributed by atoms with Gasteiger partial charge in [0.15, 0.2) is 0 Å². The van der Waals surface area contributed by atoms with Gasteiger partial charge in [0.2, 0.25) is 0 Å². The molecule has 0 unspecified atom stereocenters. The minimum Gasteiger partial charge on any atom is -0.0654 e. The molecule has 0 bridgehead atoms. The molecule has 13 heavy (non-hydrogen) atoms. The lowest BCUT2D eigenvalue weighted by Crippen LogP contribution is -1.81. The zero-order valence-corrected chi connectivity index (χ0v) is 8.90. The lowest BCUT2D eigenvalue weighted by molar-refractivity contribution is 0.724. The molecule has 1 heterocycles. The van der Waals surface area contributed by atoms with Crippen LogP contribution in [0.1, 0.15) is 32.6 Å². The molecule has 1 aliphatic heterocycles. The highest BCUT2D eigenvalue weighted by Gasteiger charge is 2.14. The van der Waals surface area contributed by atoms with Crippen molar-refractivity contribution in [3.63, 3.8) is 0 Å². The zero-order chi connectivity index (χ0) is 9.10. The van der Waals surface area contributed by atoms with Gasteiger partial charge in [-0.1, -0.05) is 46.2 Å². The first-order valence-corrected chi connectivity index (χ1v) is 5.90. The van der Waals surface area contributed by atoms with Gasteiger partial charge < -0.3 is 0 Å². The number of hydrogen-bond acceptors (Lipinski definition) is 0. The summed E-state index contributed by atoms with van der Waals surface area (Å²) in [4.78, 5) is 0. The largest absolute Gasteiger partial charge is 0.0654 e. The molecule has 0 atom stereocenters. The molecule has 0 aromatic rings. The van der Waals surface area contributed by atoms with E-state index in [1.165, 1.54) is 45.0 Å². The van der Waals surface area contributed by atoms with Gasteiger partial charge in [-0.05, 0) is 29.3 Å². The Hall–Kier alpha value is -0.610. The minimum atomic E-state index is 1.26. The average molecular weight is 189 g/mol. The van der Waals surface area contributed by atoms with E-state index in [2.05, 4.69) is 30.9 Å². The van der Waals surface area contributed by atoms with Crippen LogP contribution in [0.5, 0.6) is 0 Å². The van der Waals surface area contributed by atoms with E-state index in [4.69, 9.17) is 0 Å². The number of fused-ring (bicyclic) bond motifs is 1. The van der Waals surface area contributed by atoms with E-state index < -0.39 is 0 Å². The van der Waals surface area contributed by atoms with Gasteiger partial charge in [0.1, 0.15) is 0 Å². The molecule has 0 fully saturated rings. The van der Waals surface area contributed by atoms with Crippen LogP contribution in [-0.2, 0) is 0 Å². The second-order valence-electron chi connectivity index (χ2n) is 3.48. The van der Waals surface area contributed by atoms with Crippen LogP contribution in [-0.4, -0.2) is 5.80 Å². The number of allylic oxidation sites excluding steroid dienone is 6. The summed E-state index contributed by atoms with van der Waals surface area (Å²) in [6.07, 6.45) is 11.8. The van der Waals surface area contributed by atoms with Crippen molar-refractivity contribution >= 4 is 14.0 Å². The topological polar surface area (TPSA) is 0 Å². The highest BCUT2D eigenvalue weighted by Crippen LogP contribution is 2.37. The molecule has 0 aromatic heterocycles. The summed E-state index contributed by atoms with van der Waals surface area (Å²) in [7, 11) is 1.32. The summed E-state index contributed by atoms with van der Waals surface area (Å²) >= 11 is 0. The standard InChI is InChI=1S/C12H14P/c1-2-3-4-8-12-11-7-5-6-10(11)9-13-12/h5-7H,2-4,8H2,1H3. The maximum absolute atomic E-state index is 3.39. The second-order valence-corrected chi connectivity index (χ2v) is 4.47. The molecule has 67 valence electrons. The van der Waals surface area contributed by atoms with E-state index in [0.717, 1.165) is 0 Å². The Kier molecular flexibility index (Phi) is 2.80. The summed E-state index contributed by atoms with van der Waals surface area (Å²) in [6, 6.07) is 0. The number of unbranched alkanes of at least 4 members (excludes halogenated alkanes) is 2. The Balaban J connectivity index is 1.99. The zero-order valence-electron chi connectivity index (χ0n) is 8.01. The fraction of sp³-hybridized carbons (Fsp3) is 0.417. The van der Waals surface area contributed by atoms with Gasteiger partial charge in [0, 0.05) is 5.80 Å². The number of rotatable bonds is 4. The molecule has 1 heteroatoms. The molecular weight excluding hydrogens is 175 g/mol. The van der Waals surface area contributed by atoms with Crippen LogP contribution in [0.4, 0.5) is 0 Å². The van der Waals surface area contributed by atoms with E-state index in [0.29, 0.717) is 0 Å². The quantitative estimate of drug-likeness (QED) is 0.464. The summed E-state index contributed by atoms with van der Waals surface area (Å²) in [5, 5.41) is 1.58. The van der Waals surface area contributed by atoms with E-state index in [-0.39, 0.29) is 0 Å². The van der Waals surface area contributed by atoms with Crippen molar-refractivity contribution in [3.05, 3.63) is 34.7 Å². The van der Waals surface area contributed by atoms with Gasteiger partial charge in [-0.3, -0.25) is 0 Å². The molecule has 0 aromatic carbocycles. The summed E-state index contributed by atoms with van der Waals surface area (Å²) in [5.74, 6) is 3.39. The molecule has 1 radical (unpaired) electrons. The molecule has 2 aliphatic rings. The Bertz CT molecular complexity index is 316. The van der Waals surface area contributed by atoms with Crippen LogP contribution in [0.15, 0.2) is 34.7 Å². The second kappa shape index (κ2) is 4.07. The molecule has 0 N–H and O–H groups in total. The fourth-order valence-corrected chi connectivity index (χ4v) is 2.73. The van der Waals surface area contributed by atoms with Crippen molar-refractivity contribution in [2.24, 2.45) is 0 Å². The van der Waals surface area contributed by atoms with E-state index in [9.17, 15) is 0 Å². The Morgan fingerprint density at radius 2 is 2.31 bits per heavy atom. The molecular formula is C12H14P. The summed E-state index contributed by atoms with van der Waals surface area (Å²) in [5.41, 5.74) is 2.78. The van der Waals surface area contributed by atoms with Crippen LogP contribution in [0, 0.1) is 0 Å². The molecule has 0 nitrogen and oxygen atoms in total. The molecule has 1 aliphatic carbocycles. The molecule has 0 amide bonds. The minimum absolute atomic E-state index is 1.26. The fourth-order valence-electron chi connectivity index (χ4n) is 1.69. The van der Waals surface area contributed by atoms with Crippen molar-refractivity contribution in [1.82, 2.24) is 0 Å². The lowest BCUT2D eigenvalue weighted by Gasteiger charge is -2.00. The van der Waals surface area contributed by atoms with Gasteiger partial charge in [0.05, 0.1) is 0 Å². The predicted octanol–water partition coefficient (Wildman–Crippen LogP) is 3.96. The molecule has 0 saturated heterocycles. The van der Waals surface area contributed by atoms with Crippen molar-refractivity contribution < 1.29 is 0 Å². The SMILES string of the molecule is CCCCCC1=C2C=CC=C2[C]=P1.